The Kier molecular flexibility index (Phi) is 5.51. The van der Waals surface area contributed by atoms with Gasteiger partial charge in [-0.05, 0) is 50.7 Å². The molecule has 116 valence electrons. The van der Waals surface area contributed by atoms with E-state index in [1.807, 2.05) is 0 Å². The first-order chi connectivity index (χ1) is 10.3. The predicted octanol–water partition coefficient (Wildman–Crippen LogP) is 6.10. The van der Waals surface area contributed by atoms with Gasteiger partial charge in [-0.15, -0.1) is 11.8 Å². The van der Waals surface area contributed by atoms with E-state index in [0.717, 1.165) is 11.2 Å². The van der Waals surface area contributed by atoms with Crippen molar-refractivity contribution in [2.45, 2.75) is 80.9 Å². The average molecular weight is 304 g/mol. The molecule has 3 rings (SSSR count). The van der Waals surface area contributed by atoms with Crippen molar-refractivity contribution in [2.75, 3.05) is 5.32 Å². The van der Waals surface area contributed by atoms with Gasteiger partial charge in [0.2, 0.25) is 0 Å². The second kappa shape index (κ2) is 7.58. The summed E-state index contributed by atoms with van der Waals surface area (Å²) in [7, 11) is 0. The third-order valence-electron chi connectivity index (χ3n) is 5.22. The van der Waals surface area contributed by atoms with Crippen molar-refractivity contribution in [3.8, 4) is 0 Å². The van der Waals surface area contributed by atoms with Crippen LogP contribution in [-0.4, -0.2) is 11.3 Å². The maximum absolute atomic E-state index is 3.83. The Balaban J connectivity index is 1.63. The molecule has 0 spiro atoms. The van der Waals surface area contributed by atoms with Gasteiger partial charge in [-0.25, -0.2) is 0 Å². The molecule has 1 N–H and O–H groups in total. The molecule has 21 heavy (non-hydrogen) atoms. The first-order valence-electron chi connectivity index (χ1n) is 8.85. The fourth-order valence-corrected chi connectivity index (χ4v) is 5.21. The van der Waals surface area contributed by atoms with Crippen LogP contribution in [0.4, 0.5) is 5.69 Å². The highest BCUT2D eigenvalue weighted by molar-refractivity contribution is 8.00. The summed E-state index contributed by atoms with van der Waals surface area (Å²) in [5.74, 6) is 0.864. The van der Waals surface area contributed by atoms with Crippen LogP contribution in [0.5, 0.6) is 0 Å². The van der Waals surface area contributed by atoms with Crippen molar-refractivity contribution in [2.24, 2.45) is 5.92 Å². The molecular formula is C19H29NS. The lowest BCUT2D eigenvalue weighted by atomic mass is 9.84. The third kappa shape index (κ3) is 4.18. The molecule has 1 aromatic carbocycles. The summed E-state index contributed by atoms with van der Waals surface area (Å²) < 4.78 is 0. The number of nitrogens with one attached hydrogen (secondary N) is 1. The second-order valence-corrected chi connectivity index (χ2v) is 8.19. The molecule has 2 saturated carbocycles. The molecule has 2 aliphatic rings. The van der Waals surface area contributed by atoms with E-state index in [0.29, 0.717) is 6.04 Å². The number of hydrogen-bond acceptors (Lipinski definition) is 2. The fraction of sp³-hybridized carbons (Fsp3) is 0.684. The Morgan fingerprint density at radius 1 is 0.952 bits per heavy atom. The van der Waals surface area contributed by atoms with E-state index in [1.54, 1.807) is 0 Å². The summed E-state index contributed by atoms with van der Waals surface area (Å²) in [4.78, 5) is 1.46. The van der Waals surface area contributed by atoms with Crippen LogP contribution < -0.4 is 5.32 Å². The van der Waals surface area contributed by atoms with Crippen LogP contribution in [0.2, 0.25) is 0 Å². The Labute approximate surface area is 134 Å². The van der Waals surface area contributed by atoms with Gasteiger partial charge in [0.1, 0.15) is 0 Å². The largest absolute Gasteiger partial charge is 0.381 e. The van der Waals surface area contributed by atoms with Crippen molar-refractivity contribution in [3.63, 3.8) is 0 Å². The lowest BCUT2D eigenvalue weighted by molar-refractivity contribution is 0.328. The van der Waals surface area contributed by atoms with Gasteiger partial charge < -0.3 is 5.32 Å². The van der Waals surface area contributed by atoms with E-state index in [2.05, 4.69) is 48.3 Å². The highest BCUT2D eigenvalue weighted by Crippen LogP contribution is 2.38. The summed E-state index contributed by atoms with van der Waals surface area (Å²) in [5.41, 5.74) is 1.37. The monoisotopic (exact) mass is 303 g/mol. The minimum absolute atomic E-state index is 0.607. The molecule has 0 bridgehead atoms. The Morgan fingerprint density at radius 2 is 1.62 bits per heavy atom. The summed E-state index contributed by atoms with van der Waals surface area (Å²) >= 11 is 2.10. The molecular weight excluding hydrogens is 274 g/mol. The Morgan fingerprint density at radius 3 is 2.38 bits per heavy atom. The molecule has 1 aromatic rings. The van der Waals surface area contributed by atoms with Gasteiger partial charge in [-0.2, -0.15) is 0 Å². The Bertz CT molecular complexity index is 433. The van der Waals surface area contributed by atoms with E-state index in [9.17, 15) is 0 Å². The summed E-state index contributed by atoms with van der Waals surface area (Å²) in [6.07, 6.45) is 12.8. The lowest BCUT2D eigenvalue weighted by Gasteiger charge is -2.29. The molecule has 2 heteroatoms. The van der Waals surface area contributed by atoms with E-state index in [4.69, 9.17) is 0 Å². The van der Waals surface area contributed by atoms with Gasteiger partial charge in [0.05, 0.1) is 0 Å². The number of benzene rings is 1. The number of anilines is 1. The number of hydrogen-bond donors (Lipinski definition) is 1. The van der Waals surface area contributed by atoms with E-state index < -0.39 is 0 Å². The maximum Gasteiger partial charge on any atom is 0.0480 e. The zero-order chi connectivity index (χ0) is 14.5. The van der Waals surface area contributed by atoms with E-state index >= 15 is 0 Å². The summed E-state index contributed by atoms with van der Waals surface area (Å²) in [6.45, 7) is 2.38. The quantitative estimate of drug-likeness (QED) is 0.705. The van der Waals surface area contributed by atoms with E-state index in [1.165, 1.54) is 68.4 Å². The van der Waals surface area contributed by atoms with Gasteiger partial charge in [0, 0.05) is 21.9 Å². The first-order valence-corrected chi connectivity index (χ1v) is 9.73. The molecule has 0 amide bonds. The van der Waals surface area contributed by atoms with Crippen molar-refractivity contribution in [1.29, 1.82) is 0 Å². The standard InChI is InChI=1S/C19H29NS/c1-15(16-9-3-2-4-10-16)20-18-13-7-8-14-19(18)21-17-11-5-6-12-17/h7-8,13-17,20H,2-6,9-12H2,1H3. The zero-order valence-corrected chi connectivity index (χ0v) is 14.1. The molecule has 0 radical (unpaired) electrons. The normalized spacial score (nSPS) is 22.3. The molecule has 1 atom stereocenters. The van der Waals surface area contributed by atoms with Crippen LogP contribution in [0.15, 0.2) is 29.2 Å². The van der Waals surface area contributed by atoms with Crippen LogP contribution in [0.1, 0.15) is 64.7 Å². The Hall–Kier alpha value is -0.630. The minimum Gasteiger partial charge on any atom is -0.381 e. The lowest BCUT2D eigenvalue weighted by Crippen LogP contribution is -2.27. The fourth-order valence-electron chi connectivity index (χ4n) is 3.87. The van der Waals surface area contributed by atoms with Crippen LogP contribution in [-0.2, 0) is 0 Å². The molecule has 0 aliphatic heterocycles. The second-order valence-electron chi connectivity index (χ2n) is 6.85. The number of rotatable bonds is 5. The summed E-state index contributed by atoms with van der Waals surface area (Å²) in [5, 5.41) is 4.68. The smallest absolute Gasteiger partial charge is 0.0480 e. The number of para-hydroxylation sites is 1. The van der Waals surface area contributed by atoms with Crippen LogP contribution >= 0.6 is 11.8 Å². The van der Waals surface area contributed by atoms with Gasteiger partial charge in [-0.1, -0.05) is 44.2 Å². The molecule has 0 saturated heterocycles. The van der Waals surface area contributed by atoms with Crippen molar-refractivity contribution in [1.82, 2.24) is 0 Å². The van der Waals surface area contributed by atoms with E-state index in [-0.39, 0.29) is 0 Å². The average Bonchev–Trinajstić information content (AvgIpc) is 3.03. The molecule has 1 nitrogen and oxygen atoms in total. The first kappa shape index (κ1) is 15.3. The highest BCUT2D eigenvalue weighted by Gasteiger charge is 2.22. The summed E-state index contributed by atoms with van der Waals surface area (Å²) in [6, 6.07) is 9.55. The van der Waals surface area contributed by atoms with Crippen molar-refractivity contribution in [3.05, 3.63) is 24.3 Å². The molecule has 0 aromatic heterocycles. The van der Waals surface area contributed by atoms with Crippen LogP contribution in [0.25, 0.3) is 0 Å². The van der Waals surface area contributed by atoms with Gasteiger partial charge in [-0.3, -0.25) is 0 Å². The van der Waals surface area contributed by atoms with Gasteiger partial charge in [0.15, 0.2) is 0 Å². The molecule has 2 fully saturated rings. The topological polar surface area (TPSA) is 12.0 Å². The predicted molar refractivity (Wildman–Crippen MR) is 94.2 cm³/mol. The molecule has 1 unspecified atom stereocenters. The molecule has 0 heterocycles. The zero-order valence-electron chi connectivity index (χ0n) is 13.3. The van der Waals surface area contributed by atoms with Gasteiger partial charge in [0.25, 0.3) is 0 Å². The van der Waals surface area contributed by atoms with Crippen molar-refractivity contribution >= 4 is 17.4 Å². The van der Waals surface area contributed by atoms with Gasteiger partial charge >= 0.3 is 0 Å². The highest BCUT2D eigenvalue weighted by atomic mass is 32.2. The van der Waals surface area contributed by atoms with Crippen LogP contribution in [0.3, 0.4) is 0 Å². The molecule has 2 aliphatic carbocycles. The number of thioether (sulfide) groups is 1. The maximum atomic E-state index is 3.83. The third-order valence-corrected chi connectivity index (χ3v) is 6.64. The van der Waals surface area contributed by atoms with Crippen LogP contribution in [0, 0.1) is 5.92 Å². The van der Waals surface area contributed by atoms with Crippen molar-refractivity contribution < 1.29 is 0 Å². The minimum atomic E-state index is 0.607. The SMILES string of the molecule is CC(Nc1ccccc1SC1CCCC1)C1CCCCC1.